The highest BCUT2D eigenvalue weighted by molar-refractivity contribution is 9.10. The van der Waals surface area contributed by atoms with Crippen LogP contribution >= 0.6 is 15.9 Å². The Morgan fingerprint density at radius 3 is 2.35 bits per heavy atom. The number of anilines is 1. The number of nitrogens with one attached hydrogen (secondary N) is 2. The Kier molecular flexibility index (Phi) is 8.67. The summed E-state index contributed by atoms with van der Waals surface area (Å²) in [5.74, 6) is 0.451. The summed E-state index contributed by atoms with van der Waals surface area (Å²) in [6.45, 7) is 2.61. The number of ketones is 1. The highest BCUT2D eigenvalue weighted by Gasteiger charge is 2.18. The summed E-state index contributed by atoms with van der Waals surface area (Å²) in [7, 11) is 0. The van der Waals surface area contributed by atoms with Gasteiger partial charge in [-0.2, -0.15) is 0 Å². The molecule has 2 N–H and O–H groups in total. The normalized spacial score (nSPS) is 13.0. The van der Waals surface area contributed by atoms with Crippen molar-refractivity contribution in [1.29, 1.82) is 5.41 Å². The van der Waals surface area contributed by atoms with E-state index < -0.39 is 0 Å². The number of carbonyl (C=O) groups excluding carboxylic acids is 2. The zero-order valence-corrected chi connectivity index (χ0v) is 19.5. The first-order valence-electron chi connectivity index (χ1n) is 10.6. The van der Waals surface area contributed by atoms with Crippen LogP contribution in [-0.2, 0) is 11.2 Å². The fourth-order valence-electron chi connectivity index (χ4n) is 3.59. The Morgan fingerprint density at radius 1 is 1.00 bits per heavy atom. The maximum atomic E-state index is 12.9. The van der Waals surface area contributed by atoms with Crippen LogP contribution in [0.5, 0.6) is 0 Å². The Balaban J connectivity index is 0.00000324. The number of benzene rings is 2. The van der Waals surface area contributed by atoms with Crippen molar-refractivity contribution in [2.24, 2.45) is 0 Å². The van der Waals surface area contributed by atoms with Gasteiger partial charge >= 0.3 is 0 Å². The van der Waals surface area contributed by atoms with Crippen molar-refractivity contribution in [2.75, 3.05) is 31.6 Å². The lowest BCUT2D eigenvalue weighted by atomic mass is 9.97. The van der Waals surface area contributed by atoms with E-state index in [0.29, 0.717) is 54.6 Å². The van der Waals surface area contributed by atoms with Crippen molar-refractivity contribution in [3.8, 4) is 0 Å². The van der Waals surface area contributed by atoms with Gasteiger partial charge in [-0.3, -0.25) is 15.0 Å². The van der Waals surface area contributed by atoms with Gasteiger partial charge in [0.05, 0.1) is 13.2 Å². The molecule has 0 spiro atoms. The lowest BCUT2D eigenvalue weighted by Crippen LogP contribution is -2.40. The second-order valence-electron chi connectivity index (χ2n) is 7.60. The van der Waals surface area contributed by atoms with E-state index >= 15 is 0 Å². The minimum atomic E-state index is -0.317. The summed E-state index contributed by atoms with van der Waals surface area (Å²) in [6, 6.07) is 17.6. The zero-order chi connectivity index (χ0) is 23.2. The SMILES string of the molecule is C.N=C(c1ccc(C(=O)Cc2ccccc2C(=O)Nc2ccc(Br)cn2)cc1)N1CCOCC1. The van der Waals surface area contributed by atoms with E-state index in [0.717, 1.165) is 10.0 Å². The largest absolute Gasteiger partial charge is 0.378 e. The zero-order valence-electron chi connectivity index (χ0n) is 17.9. The quantitative estimate of drug-likeness (QED) is 0.275. The summed E-state index contributed by atoms with van der Waals surface area (Å²) in [5, 5.41) is 11.2. The molecule has 0 aliphatic carbocycles. The number of amidine groups is 1. The molecule has 1 amide bonds. The fourth-order valence-corrected chi connectivity index (χ4v) is 3.82. The van der Waals surface area contributed by atoms with E-state index in [9.17, 15) is 9.59 Å². The van der Waals surface area contributed by atoms with Crippen molar-refractivity contribution in [3.63, 3.8) is 0 Å². The average Bonchev–Trinajstić information content (AvgIpc) is 2.86. The number of morpholine rings is 1. The van der Waals surface area contributed by atoms with E-state index in [1.165, 1.54) is 0 Å². The molecule has 1 aliphatic heterocycles. The number of aromatic nitrogens is 1. The topological polar surface area (TPSA) is 95.4 Å². The van der Waals surface area contributed by atoms with Crippen molar-refractivity contribution >= 4 is 39.3 Å². The number of rotatable bonds is 6. The number of hydrogen-bond acceptors (Lipinski definition) is 5. The summed E-state index contributed by atoms with van der Waals surface area (Å²) < 4.78 is 6.16. The molecule has 0 saturated carbocycles. The average molecular weight is 523 g/mol. The van der Waals surface area contributed by atoms with Gasteiger partial charge in [0.15, 0.2) is 5.78 Å². The summed E-state index contributed by atoms with van der Waals surface area (Å²) >= 11 is 3.32. The van der Waals surface area contributed by atoms with Crippen molar-refractivity contribution in [2.45, 2.75) is 13.8 Å². The van der Waals surface area contributed by atoms with Crippen LogP contribution in [0.1, 0.15) is 39.3 Å². The first-order valence-corrected chi connectivity index (χ1v) is 11.4. The molecule has 0 radical (unpaired) electrons. The van der Waals surface area contributed by atoms with Gasteiger partial charge in [-0.05, 0) is 39.7 Å². The standard InChI is InChI=1S/C25H23BrN4O3.CH4/c26-20-9-10-23(28-16-20)29-25(32)21-4-2-1-3-19(21)15-22(31)17-5-7-18(8-6-17)24(27)30-11-13-33-14-12-30;/h1-10,16,27H,11-15H2,(H,28,29,32);1H4. The van der Waals surface area contributed by atoms with Gasteiger partial charge in [0.1, 0.15) is 11.7 Å². The number of ether oxygens (including phenoxy) is 1. The molecule has 1 aromatic heterocycles. The predicted molar refractivity (Wildman–Crippen MR) is 137 cm³/mol. The van der Waals surface area contributed by atoms with Crippen LogP contribution in [0.15, 0.2) is 71.3 Å². The molecule has 2 heterocycles. The Bertz CT molecular complexity index is 1160. The summed E-state index contributed by atoms with van der Waals surface area (Å²) in [4.78, 5) is 31.9. The van der Waals surface area contributed by atoms with E-state index in [1.54, 1.807) is 60.8 Å². The van der Waals surface area contributed by atoms with E-state index in [4.69, 9.17) is 10.1 Å². The van der Waals surface area contributed by atoms with Crippen LogP contribution < -0.4 is 5.32 Å². The molecule has 0 atom stereocenters. The Labute approximate surface area is 207 Å². The van der Waals surface area contributed by atoms with Crippen LogP contribution in [0, 0.1) is 5.41 Å². The molecule has 176 valence electrons. The van der Waals surface area contributed by atoms with Crippen LogP contribution in [-0.4, -0.2) is 53.7 Å². The second-order valence-corrected chi connectivity index (χ2v) is 8.51. The van der Waals surface area contributed by atoms with Crippen LogP contribution in [0.3, 0.4) is 0 Å². The smallest absolute Gasteiger partial charge is 0.257 e. The number of pyridine rings is 1. The maximum absolute atomic E-state index is 12.9. The molecule has 7 nitrogen and oxygen atoms in total. The third-order valence-electron chi connectivity index (χ3n) is 5.39. The van der Waals surface area contributed by atoms with Gasteiger partial charge in [-0.1, -0.05) is 49.9 Å². The molecule has 0 unspecified atom stereocenters. The molecular formula is C26H27BrN4O3. The lowest BCUT2D eigenvalue weighted by molar-refractivity contribution is 0.0680. The van der Waals surface area contributed by atoms with Crippen LogP contribution in [0.4, 0.5) is 5.82 Å². The predicted octanol–water partition coefficient (Wildman–Crippen LogP) is 4.82. The first-order chi connectivity index (χ1) is 16.0. The lowest BCUT2D eigenvalue weighted by Gasteiger charge is -2.29. The summed E-state index contributed by atoms with van der Waals surface area (Å²) in [5.41, 5.74) is 2.37. The van der Waals surface area contributed by atoms with Gasteiger partial charge in [0.2, 0.25) is 0 Å². The molecule has 1 fully saturated rings. The van der Waals surface area contributed by atoms with Gasteiger partial charge in [-0.15, -0.1) is 0 Å². The highest BCUT2D eigenvalue weighted by Crippen LogP contribution is 2.17. The third-order valence-corrected chi connectivity index (χ3v) is 5.86. The van der Waals surface area contributed by atoms with Gasteiger partial charge < -0.3 is 15.0 Å². The number of nitrogens with zero attached hydrogens (tertiary/aromatic N) is 2. The van der Waals surface area contributed by atoms with Crippen LogP contribution in [0.25, 0.3) is 0 Å². The molecule has 2 aromatic carbocycles. The highest BCUT2D eigenvalue weighted by atomic mass is 79.9. The van der Waals surface area contributed by atoms with E-state index in [1.807, 2.05) is 11.0 Å². The molecular weight excluding hydrogens is 496 g/mol. The molecule has 1 aliphatic rings. The van der Waals surface area contributed by atoms with Gasteiger partial charge in [0.25, 0.3) is 5.91 Å². The van der Waals surface area contributed by atoms with Crippen molar-refractivity contribution < 1.29 is 14.3 Å². The van der Waals surface area contributed by atoms with Gasteiger partial charge in [-0.25, -0.2) is 4.98 Å². The number of carbonyl (C=O) groups is 2. The molecule has 34 heavy (non-hydrogen) atoms. The number of Topliss-reactive ketones (excluding diaryl/α,β-unsaturated/α-hetero) is 1. The molecule has 8 heteroatoms. The fraction of sp³-hybridized carbons (Fsp3) is 0.231. The molecule has 4 rings (SSSR count). The number of amides is 1. The van der Waals surface area contributed by atoms with Crippen molar-refractivity contribution in [1.82, 2.24) is 9.88 Å². The van der Waals surface area contributed by atoms with Gasteiger partial charge in [0, 0.05) is 46.9 Å². The maximum Gasteiger partial charge on any atom is 0.257 e. The monoisotopic (exact) mass is 522 g/mol. The molecule has 3 aromatic rings. The van der Waals surface area contributed by atoms with E-state index in [2.05, 4.69) is 26.2 Å². The minimum absolute atomic E-state index is 0. The van der Waals surface area contributed by atoms with Crippen LogP contribution in [0.2, 0.25) is 0 Å². The minimum Gasteiger partial charge on any atom is -0.378 e. The second kappa shape index (κ2) is 11.7. The summed E-state index contributed by atoms with van der Waals surface area (Å²) in [6.07, 6.45) is 1.70. The third kappa shape index (κ3) is 6.15. The number of halogens is 1. The van der Waals surface area contributed by atoms with E-state index in [-0.39, 0.29) is 25.5 Å². The first kappa shape index (κ1) is 25.3. The molecule has 0 bridgehead atoms. The Morgan fingerprint density at radius 2 is 1.68 bits per heavy atom. The molecule has 1 saturated heterocycles. The Hall–Kier alpha value is -3.36. The van der Waals surface area contributed by atoms with Crippen molar-refractivity contribution in [3.05, 3.63) is 93.6 Å². The number of hydrogen-bond donors (Lipinski definition) is 2.